The number of carbonyl (C=O) groups excluding carboxylic acids is 1. The van der Waals surface area contributed by atoms with Gasteiger partial charge in [-0.2, -0.15) is 4.98 Å². The molecular formula is C13H18N2O3. The van der Waals surface area contributed by atoms with Gasteiger partial charge in [0.1, 0.15) is 5.78 Å². The molecule has 5 heteroatoms. The van der Waals surface area contributed by atoms with Crippen LogP contribution in [0.15, 0.2) is 4.52 Å². The summed E-state index contributed by atoms with van der Waals surface area (Å²) < 4.78 is 10.8. The lowest BCUT2D eigenvalue weighted by atomic mass is 9.88. The normalized spacial score (nSPS) is 26.4. The Morgan fingerprint density at radius 1 is 1.11 bits per heavy atom. The van der Waals surface area contributed by atoms with Gasteiger partial charge in [0.25, 0.3) is 0 Å². The van der Waals surface area contributed by atoms with Gasteiger partial charge in [0.05, 0.1) is 6.61 Å². The van der Waals surface area contributed by atoms with Crippen LogP contribution in [0.4, 0.5) is 0 Å². The van der Waals surface area contributed by atoms with Crippen LogP contribution in [0.25, 0.3) is 0 Å². The number of nitrogens with zero attached hydrogens (tertiary/aromatic N) is 2. The first kappa shape index (κ1) is 11.8. The van der Waals surface area contributed by atoms with Crippen LogP contribution in [0.2, 0.25) is 0 Å². The van der Waals surface area contributed by atoms with Crippen LogP contribution in [0.1, 0.15) is 62.1 Å². The van der Waals surface area contributed by atoms with E-state index in [2.05, 4.69) is 10.1 Å². The Hall–Kier alpha value is -1.23. The molecule has 1 aliphatic carbocycles. The van der Waals surface area contributed by atoms with Crippen LogP contribution in [0.3, 0.4) is 0 Å². The predicted octanol–water partition coefficient (Wildman–Crippen LogP) is 2.19. The van der Waals surface area contributed by atoms with Gasteiger partial charge in [0.2, 0.25) is 5.89 Å². The first-order valence-corrected chi connectivity index (χ1v) is 6.76. The second-order valence-corrected chi connectivity index (χ2v) is 5.22. The fourth-order valence-electron chi connectivity index (χ4n) is 2.71. The molecule has 2 aliphatic rings. The summed E-state index contributed by atoms with van der Waals surface area (Å²) in [7, 11) is 0. The highest BCUT2D eigenvalue weighted by atomic mass is 16.5. The van der Waals surface area contributed by atoms with Gasteiger partial charge in [-0.25, -0.2) is 0 Å². The third kappa shape index (κ3) is 2.46. The van der Waals surface area contributed by atoms with Crippen molar-refractivity contribution >= 4 is 5.78 Å². The van der Waals surface area contributed by atoms with Crippen LogP contribution in [0, 0.1) is 0 Å². The number of carbonyl (C=O) groups is 1. The summed E-state index contributed by atoms with van der Waals surface area (Å²) in [5.41, 5.74) is 0. The zero-order valence-electron chi connectivity index (χ0n) is 10.4. The van der Waals surface area contributed by atoms with Crippen LogP contribution in [-0.4, -0.2) is 29.1 Å². The molecule has 1 aliphatic heterocycles. The van der Waals surface area contributed by atoms with Crippen molar-refractivity contribution in [1.29, 1.82) is 0 Å². The van der Waals surface area contributed by atoms with E-state index in [0.717, 1.165) is 38.1 Å². The molecule has 2 fully saturated rings. The van der Waals surface area contributed by atoms with Crippen LogP contribution in [-0.2, 0) is 9.53 Å². The molecule has 1 unspecified atom stereocenters. The molecular weight excluding hydrogens is 232 g/mol. The molecule has 3 rings (SSSR count). The van der Waals surface area contributed by atoms with Gasteiger partial charge in [-0.3, -0.25) is 4.79 Å². The molecule has 18 heavy (non-hydrogen) atoms. The summed E-state index contributed by atoms with van der Waals surface area (Å²) in [6, 6.07) is 0. The van der Waals surface area contributed by atoms with Crippen molar-refractivity contribution in [3.05, 3.63) is 11.7 Å². The van der Waals surface area contributed by atoms with E-state index in [9.17, 15) is 4.79 Å². The SMILES string of the molecule is O=C1CCC(c2nc(C3CCCOC3)no2)CC1. The van der Waals surface area contributed by atoms with Gasteiger partial charge in [0.15, 0.2) is 5.82 Å². The second kappa shape index (κ2) is 5.18. The molecule has 1 atom stereocenters. The van der Waals surface area contributed by atoms with E-state index in [1.807, 2.05) is 0 Å². The summed E-state index contributed by atoms with van der Waals surface area (Å²) in [5.74, 6) is 2.39. The topological polar surface area (TPSA) is 65.2 Å². The van der Waals surface area contributed by atoms with Crippen LogP contribution < -0.4 is 0 Å². The molecule has 1 saturated heterocycles. The van der Waals surface area contributed by atoms with E-state index in [1.54, 1.807) is 0 Å². The Morgan fingerprint density at radius 3 is 2.67 bits per heavy atom. The molecule has 98 valence electrons. The monoisotopic (exact) mass is 250 g/mol. The Bertz CT molecular complexity index is 414. The van der Waals surface area contributed by atoms with Gasteiger partial charge in [-0.1, -0.05) is 5.16 Å². The minimum atomic E-state index is 0.272. The number of ketones is 1. The van der Waals surface area contributed by atoms with Crippen molar-refractivity contribution in [3.63, 3.8) is 0 Å². The summed E-state index contributed by atoms with van der Waals surface area (Å²) in [6.07, 6.45) is 5.13. The van der Waals surface area contributed by atoms with Crippen molar-refractivity contribution in [1.82, 2.24) is 10.1 Å². The fourth-order valence-corrected chi connectivity index (χ4v) is 2.71. The average Bonchev–Trinajstić information content (AvgIpc) is 2.90. The Kier molecular flexibility index (Phi) is 3.41. The van der Waals surface area contributed by atoms with Crippen LogP contribution in [0.5, 0.6) is 0 Å². The molecule has 0 amide bonds. The van der Waals surface area contributed by atoms with Gasteiger partial charge < -0.3 is 9.26 Å². The van der Waals surface area contributed by atoms with Crippen LogP contribution >= 0.6 is 0 Å². The quantitative estimate of drug-likeness (QED) is 0.805. The Labute approximate surface area is 106 Å². The Balaban J connectivity index is 1.67. The lowest BCUT2D eigenvalue weighted by molar-refractivity contribution is -0.120. The molecule has 0 N–H and O–H groups in total. The number of ether oxygens (including phenoxy) is 1. The largest absolute Gasteiger partial charge is 0.381 e. The molecule has 0 radical (unpaired) electrons. The van der Waals surface area contributed by atoms with Gasteiger partial charge in [0, 0.05) is 31.3 Å². The number of hydrogen-bond donors (Lipinski definition) is 0. The van der Waals surface area contributed by atoms with Gasteiger partial charge >= 0.3 is 0 Å². The van der Waals surface area contributed by atoms with Gasteiger partial charge in [-0.15, -0.1) is 0 Å². The zero-order valence-corrected chi connectivity index (χ0v) is 10.4. The number of Topliss-reactive ketones (excluding diaryl/α,β-unsaturated/α-hetero) is 1. The maximum atomic E-state index is 11.2. The van der Waals surface area contributed by atoms with Crippen molar-refractivity contribution in [2.24, 2.45) is 0 Å². The smallest absolute Gasteiger partial charge is 0.229 e. The molecule has 0 aromatic carbocycles. The number of aromatic nitrogens is 2. The summed E-state index contributed by atoms with van der Waals surface area (Å²) in [6.45, 7) is 1.54. The minimum absolute atomic E-state index is 0.272. The predicted molar refractivity (Wildman–Crippen MR) is 63.3 cm³/mol. The molecule has 2 heterocycles. The standard InChI is InChI=1S/C13H18N2O3/c16-11-5-3-9(4-6-11)13-14-12(15-18-13)10-2-1-7-17-8-10/h9-10H,1-8H2. The summed E-state index contributed by atoms with van der Waals surface area (Å²) >= 11 is 0. The number of hydrogen-bond acceptors (Lipinski definition) is 5. The minimum Gasteiger partial charge on any atom is -0.381 e. The molecule has 1 aromatic heterocycles. The van der Waals surface area contributed by atoms with E-state index in [-0.39, 0.29) is 11.8 Å². The summed E-state index contributed by atoms with van der Waals surface area (Å²) in [5, 5.41) is 4.08. The Morgan fingerprint density at radius 2 is 1.94 bits per heavy atom. The van der Waals surface area contributed by atoms with Crippen molar-refractivity contribution < 1.29 is 14.1 Å². The highest BCUT2D eigenvalue weighted by molar-refractivity contribution is 5.79. The highest BCUT2D eigenvalue weighted by Gasteiger charge is 2.27. The van der Waals surface area contributed by atoms with E-state index in [0.29, 0.717) is 31.1 Å². The molecule has 5 nitrogen and oxygen atoms in total. The zero-order chi connectivity index (χ0) is 12.4. The first-order valence-electron chi connectivity index (χ1n) is 6.76. The third-order valence-corrected chi connectivity index (χ3v) is 3.88. The van der Waals surface area contributed by atoms with Crippen molar-refractivity contribution in [2.75, 3.05) is 13.2 Å². The van der Waals surface area contributed by atoms with E-state index >= 15 is 0 Å². The van der Waals surface area contributed by atoms with Crippen molar-refractivity contribution in [2.45, 2.75) is 50.4 Å². The van der Waals surface area contributed by atoms with E-state index < -0.39 is 0 Å². The average molecular weight is 250 g/mol. The lowest BCUT2D eigenvalue weighted by Crippen LogP contribution is -2.17. The highest BCUT2D eigenvalue weighted by Crippen LogP contribution is 2.31. The fraction of sp³-hybridized carbons (Fsp3) is 0.769. The number of rotatable bonds is 2. The molecule has 1 saturated carbocycles. The second-order valence-electron chi connectivity index (χ2n) is 5.22. The van der Waals surface area contributed by atoms with Gasteiger partial charge in [-0.05, 0) is 25.7 Å². The van der Waals surface area contributed by atoms with Crippen molar-refractivity contribution in [3.8, 4) is 0 Å². The first-order chi connectivity index (χ1) is 8.83. The lowest BCUT2D eigenvalue weighted by Gasteiger charge is -2.19. The maximum Gasteiger partial charge on any atom is 0.229 e. The maximum absolute atomic E-state index is 11.2. The third-order valence-electron chi connectivity index (χ3n) is 3.88. The molecule has 0 spiro atoms. The van der Waals surface area contributed by atoms with E-state index in [1.165, 1.54) is 0 Å². The summed E-state index contributed by atoms with van der Waals surface area (Å²) in [4.78, 5) is 15.7. The van der Waals surface area contributed by atoms with E-state index in [4.69, 9.17) is 9.26 Å². The molecule has 1 aromatic rings. The molecule has 0 bridgehead atoms.